The van der Waals surface area contributed by atoms with Gasteiger partial charge >= 0.3 is 0 Å². The molecule has 140 valence electrons. The van der Waals surface area contributed by atoms with Gasteiger partial charge in [-0.2, -0.15) is 0 Å². The molecular weight excluding hydrogens is 381 g/mol. The molecule has 0 saturated heterocycles. The number of pyridine rings is 1. The fraction of sp³-hybridized carbons (Fsp3) is 0.0500. The first-order valence-electron chi connectivity index (χ1n) is 8.33. The second kappa shape index (κ2) is 8.01. The first kappa shape index (κ1) is 17.9. The van der Waals surface area contributed by atoms with E-state index in [4.69, 9.17) is 9.15 Å². The molecule has 3 aromatic heterocycles. The lowest BCUT2D eigenvalue weighted by molar-refractivity contribution is 0.0946. The molecule has 28 heavy (non-hydrogen) atoms. The summed E-state index contributed by atoms with van der Waals surface area (Å²) in [6.07, 6.45) is 3.14. The van der Waals surface area contributed by atoms with Crippen molar-refractivity contribution in [2.24, 2.45) is 0 Å². The number of hydrogen-bond acceptors (Lipinski definition) is 6. The van der Waals surface area contributed by atoms with Crippen LogP contribution in [0.3, 0.4) is 0 Å². The Morgan fingerprint density at radius 3 is 2.86 bits per heavy atom. The fourth-order valence-electron chi connectivity index (χ4n) is 2.40. The Balaban J connectivity index is 1.38. The number of hydrogen-bond donors (Lipinski definition) is 1. The molecule has 0 aliphatic rings. The highest BCUT2D eigenvalue weighted by molar-refractivity contribution is 7.13. The number of carbonyl (C=O) groups excluding carboxylic acids is 1. The van der Waals surface area contributed by atoms with Crippen LogP contribution in [-0.2, 0) is 6.54 Å². The topological polar surface area (TPSA) is 77.2 Å². The number of halogens is 1. The summed E-state index contributed by atoms with van der Waals surface area (Å²) in [5, 5.41) is 5.14. The standard InChI is InChI=1S/C20H14FN3O3S/c21-14-3-5-15(6-4-14)27-18-10-13(7-8-22-18)11-23-19(25)16-12-28-20(24-16)17-2-1-9-26-17/h1-10,12H,11H2,(H,23,25). The molecule has 0 aliphatic carbocycles. The molecule has 0 atom stereocenters. The van der Waals surface area contributed by atoms with Gasteiger partial charge in [-0.1, -0.05) is 0 Å². The molecule has 1 N–H and O–H groups in total. The van der Waals surface area contributed by atoms with Gasteiger partial charge in [-0.15, -0.1) is 11.3 Å². The van der Waals surface area contributed by atoms with Crippen molar-refractivity contribution in [2.45, 2.75) is 6.54 Å². The van der Waals surface area contributed by atoms with Crippen LogP contribution in [0.1, 0.15) is 16.1 Å². The van der Waals surface area contributed by atoms with E-state index in [2.05, 4.69) is 15.3 Å². The molecule has 0 unspecified atom stereocenters. The van der Waals surface area contributed by atoms with Crippen LogP contribution in [0.2, 0.25) is 0 Å². The number of ether oxygens (including phenoxy) is 1. The number of amides is 1. The number of benzene rings is 1. The van der Waals surface area contributed by atoms with Gasteiger partial charge in [0.15, 0.2) is 10.8 Å². The van der Waals surface area contributed by atoms with E-state index in [0.717, 1.165) is 5.56 Å². The number of furan rings is 1. The molecule has 0 radical (unpaired) electrons. The Morgan fingerprint density at radius 2 is 2.07 bits per heavy atom. The second-order valence-electron chi connectivity index (χ2n) is 5.76. The van der Waals surface area contributed by atoms with E-state index in [1.807, 2.05) is 0 Å². The smallest absolute Gasteiger partial charge is 0.271 e. The number of nitrogens with one attached hydrogen (secondary N) is 1. The number of carbonyl (C=O) groups is 1. The van der Waals surface area contributed by atoms with Crippen LogP contribution < -0.4 is 10.1 Å². The van der Waals surface area contributed by atoms with Crippen molar-refractivity contribution in [1.29, 1.82) is 0 Å². The van der Waals surface area contributed by atoms with Crippen LogP contribution >= 0.6 is 11.3 Å². The summed E-state index contributed by atoms with van der Waals surface area (Å²) < 4.78 is 23.8. The van der Waals surface area contributed by atoms with Crippen LogP contribution in [0, 0.1) is 5.82 Å². The van der Waals surface area contributed by atoms with Crippen LogP contribution in [0.4, 0.5) is 4.39 Å². The monoisotopic (exact) mass is 395 g/mol. The van der Waals surface area contributed by atoms with Crippen LogP contribution in [0.15, 0.2) is 70.8 Å². The molecule has 0 spiro atoms. The summed E-state index contributed by atoms with van der Waals surface area (Å²) in [6.45, 7) is 0.286. The zero-order valence-electron chi connectivity index (χ0n) is 14.5. The van der Waals surface area contributed by atoms with E-state index in [0.29, 0.717) is 28.1 Å². The Hall–Kier alpha value is -3.52. The summed E-state index contributed by atoms with van der Waals surface area (Å²) in [5.41, 5.74) is 1.13. The Morgan fingerprint density at radius 1 is 1.21 bits per heavy atom. The maximum absolute atomic E-state index is 13.0. The van der Waals surface area contributed by atoms with Crippen molar-refractivity contribution in [3.05, 3.63) is 83.4 Å². The molecule has 4 aromatic rings. The number of rotatable bonds is 6. The van der Waals surface area contributed by atoms with E-state index < -0.39 is 0 Å². The zero-order chi connectivity index (χ0) is 19.3. The van der Waals surface area contributed by atoms with E-state index in [1.54, 1.807) is 42.1 Å². The van der Waals surface area contributed by atoms with Crippen molar-refractivity contribution >= 4 is 17.2 Å². The molecule has 4 rings (SSSR count). The van der Waals surface area contributed by atoms with Crippen molar-refractivity contribution in [1.82, 2.24) is 15.3 Å². The maximum Gasteiger partial charge on any atom is 0.271 e. The molecule has 0 fully saturated rings. The minimum Gasteiger partial charge on any atom is -0.462 e. The van der Waals surface area contributed by atoms with Crippen LogP contribution in [0.25, 0.3) is 10.8 Å². The highest BCUT2D eigenvalue weighted by Gasteiger charge is 2.13. The number of nitrogens with zero attached hydrogens (tertiary/aromatic N) is 2. The fourth-order valence-corrected chi connectivity index (χ4v) is 3.17. The first-order valence-corrected chi connectivity index (χ1v) is 9.21. The molecule has 0 bridgehead atoms. The van der Waals surface area contributed by atoms with Gasteiger partial charge in [-0.3, -0.25) is 4.79 Å². The van der Waals surface area contributed by atoms with Gasteiger partial charge in [0.25, 0.3) is 5.91 Å². The first-order chi connectivity index (χ1) is 13.7. The Bertz CT molecular complexity index is 1080. The zero-order valence-corrected chi connectivity index (χ0v) is 15.3. The average Bonchev–Trinajstić information content (AvgIpc) is 3.40. The van der Waals surface area contributed by atoms with Crippen molar-refractivity contribution in [2.75, 3.05) is 0 Å². The second-order valence-corrected chi connectivity index (χ2v) is 6.61. The SMILES string of the molecule is O=C(NCc1ccnc(Oc2ccc(F)cc2)c1)c1csc(-c2ccco2)n1. The molecule has 1 aromatic carbocycles. The van der Waals surface area contributed by atoms with E-state index in [-0.39, 0.29) is 18.3 Å². The summed E-state index contributed by atoms with van der Waals surface area (Å²) in [7, 11) is 0. The molecule has 3 heterocycles. The third-order valence-corrected chi connectivity index (χ3v) is 4.61. The largest absolute Gasteiger partial charge is 0.462 e. The molecule has 0 aliphatic heterocycles. The maximum atomic E-state index is 13.0. The van der Waals surface area contributed by atoms with Crippen molar-refractivity contribution < 1.29 is 18.3 Å². The van der Waals surface area contributed by atoms with Gasteiger partial charge in [-0.25, -0.2) is 14.4 Å². The summed E-state index contributed by atoms with van der Waals surface area (Å²) in [4.78, 5) is 20.7. The van der Waals surface area contributed by atoms with Gasteiger partial charge in [0.05, 0.1) is 6.26 Å². The third-order valence-electron chi connectivity index (χ3n) is 3.76. The predicted molar refractivity (Wildman–Crippen MR) is 102 cm³/mol. The highest BCUT2D eigenvalue weighted by Crippen LogP contribution is 2.24. The van der Waals surface area contributed by atoms with Gasteiger partial charge in [0.1, 0.15) is 17.3 Å². The summed E-state index contributed by atoms with van der Waals surface area (Å²) in [6, 6.07) is 12.7. The average molecular weight is 395 g/mol. The summed E-state index contributed by atoms with van der Waals surface area (Å²) in [5.74, 6) is 0.830. The lowest BCUT2D eigenvalue weighted by Crippen LogP contribution is -2.23. The molecule has 0 saturated carbocycles. The lowest BCUT2D eigenvalue weighted by Gasteiger charge is -2.07. The Labute approximate surface area is 163 Å². The predicted octanol–water partition coefficient (Wildman–Crippen LogP) is 4.66. The number of thiazole rings is 1. The van der Waals surface area contributed by atoms with Crippen molar-refractivity contribution in [3.8, 4) is 22.4 Å². The quantitative estimate of drug-likeness (QED) is 0.514. The molecule has 1 amide bonds. The van der Waals surface area contributed by atoms with Gasteiger partial charge in [0, 0.05) is 24.2 Å². The van der Waals surface area contributed by atoms with E-state index in [1.165, 1.54) is 35.6 Å². The van der Waals surface area contributed by atoms with Crippen LogP contribution in [-0.4, -0.2) is 15.9 Å². The summed E-state index contributed by atoms with van der Waals surface area (Å²) >= 11 is 1.34. The molecule has 6 nitrogen and oxygen atoms in total. The van der Waals surface area contributed by atoms with E-state index >= 15 is 0 Å². The normalized spacial score (nSPS) is 10.6. The minimum atomic E-state index is -0.339. The van der Waals surface area contributed by atoms with E-state index in [9.17, 15) is 9.18 Å². The molecule has 8 heteroatoms. The number of aromatic nitrogens is 2. The van der Waals surface area contributed by atoms with Crippen LogP contribution in [0.5, 0.6) is 11.6 Å². The highest BCUT2D eigenvalue weighted by atomic mass is 32.1. The molecular formula is C20H14FN3O3S. The minimum absolute atomic E-state index is 0.285. The lowest BCUT2D eigenvalue weighted by atomic mass is 10.2. The van der Waals surface area contributed by atoms with Gasteiger partial charge in [0.2, 0.25) is 5.88 Å². The van der Waals surface area contributed by atoms with Gasteiger partial charge < -0.3 is 14.5 Å². The Kier molecular flexibility index (Phi) is 5.11. The third kappa shape index (κ3) is 4.24. The van der Waals surface area contributed by atoms with Crippen molar-refractivity contribution in [3.63, 3.8) is 0 Å². The van der Waals surface area contributed by atoms with Gasteiger partial charge in [-0.05, 0) is 48.0 Å².